The summed E-state index contributed by atoms with van der Waals surface area (Å²) >= 11 is 5.36. The summed E-state index contributed by atoms with van der Waals surface area (Å²) in [5, 5.41) is 8.99. The number of halogens is 1. The van der Waals surface area contributed by atoms with Crippen molar-refractivity contribution in [3.63, 3.8) is 0 Å². The summed E-state index contributed by atoms with van der Waals surface area (Å²) in [6.45, 7) is 1.80. The van der Waals surface area contributed by atoms with Crippen LogP contribution in [0.1, 0.15) is 26.2 Å². The van der Waals surface area contributed by atoms with Gasteiger partial charge in [-0.3, -0.25) is 4.79 Å². The van der Waals surface area contributed by atoms with Crippen LogP contribution in [0.4, 0.5) is 0 Å². The van der Waals surface area contributed by atoms with Crippen molar-refractivity contribution >= 4 is 17.6 Å². The number of hydrogen-bond donors (Lipinski definition) is 1. The molecule has 0 heterocycles. The van der Waals surface area contributed by atoms with E-state index in [9.17, 15) is 4.79 Å². The maximum absolute atomic E-state index is 10.9. The number of hydrogen-bond acceptors (Lipinski definition) is 1. The normalized spacial score (nSPS) is 22.5. The second kappa shape index (κ2) is 3.48. The van der Waals surface area contributed by atoms with Crippen molar-refractivity contribution in [2.24, 2.45) is 11.3 Å². The second-order valence-corrected chi connectivity index (χ2v) is 3.81. The van der Waals surface area contributed by atoms with Gasteiger partial charge in [0.1, 0.15) is 0 Å². The summed E-state index contributed by atoms with van der Waals surface area (Å²) in [7, 11) is 0. The second-order valence-electron chi connectivity index (χ2n) is 3.56. The van der Waals surface area contributed by atoms with Gasteiger partial charge in [0, 0.05) is 5.54 Å². The number of carbonyl (C=O) groups is 1. The van der Waals surface area contributed by atoms with E-state index in [2.05, 4.69) is 0 Å². The fourth-order valence-corrected chi connectivity index (χ4v) is 1.53. The van der Waals surface area contributed by atoms with Crippen LogP contribution in [0, 0.1) is 11.3 Å². The molecule has 0 radical (unpaired) electrons. The lowest BCUT2D eigenvalue weighted by Gasteiger charge is -2.22. The standard InChI is InChI=1S/C9H13ClO2/c1-9(8(11)12,5-2-6-10)7-3-4-7/h2,6-7H,3-5H2,1H3,(H,11,12)/b6-2+. The van der Waals surface area contributed by atoms with Crippen molar-refractivity contribution in [1.29, 1.82) is 0 Å². The summed E-state index contributed by atoms with van der Waals surface area (Å²) < 4.78 is 0. The van der Waals surface area contributed by atoms with Gasteiger partial charge in [-0.15, -0.1) is 0 Å². The molecular weight excluding hydrogens is 176 g/mol. The molecule has 0 aromatic heterocycles. The molecule has 3 heteroatoms. The fraction of sp³-hybridized carbons (Fsp3) is 0.667. The Hall–Kier alpha value is -0.500. The molecule has 12 heavy (non-hydrogen) atoms. The van der Waals surface area contributed by atoms with E-state index in [4.69, 9.17) is 16.7 Å². The molecule has 1 rings (SSSR count). The van der Waals surface area contributed by atoms with Crippen LogP contribution in [-0.2, 0) is 4.79 Å². The van der Waals surface area contributed by atoms with Crippen molar-refractivity contribution in [3.05, 3.63) is 11.6 Å². The minimum Gasteiger partial charge on any atom is -0.481 e. The first-order chi connectivity index (χ1) is 5.61. The van der Waals surface area contributed by atoms with Crippen LogP contribution < -0.4 is 0 Å². The largest absolute Gasteiger partial charge is 0.481 e. The van der Waals surface area contributed by atoms with Crippen molar-refractivity contribution in [2.75, 3.05) is 0 Å². The first kappa shape index (κ1) is 9.59. The summed E-state index contributed by atoms with van der Waals surface area (Å²) in [6.07, 6.45) is 4.34. The molecule has 0 bridgehead atoms. The first-order valence-electron chi connectivity index (χ1n) is 4.10. The molecule has 1 N–H and O–H groups in total. The van der Waals surface area contributed by atoms with Gasteiger partial charge >= 0.3 is 5.97 Å². The van der Waals surface area contributed by atoms with Crippen molar-refractivity contribution in [2.45, 2.75) is 26.2 Å². The lowest BCUT2D eigenvalue weighted by Crippen LogP contribution is -2.29. The number of carboxylic acids is 1. The van der Waals surface area contributed by atoms with Crippen LogP contribution in [0.5, 0.6) is 0 Å². The average molecular weight is 189 g/mol. The number of rotatable bonds is 4. The lowest BCUT2D eigenvalue weighted by molar-refractivity contribution is -0.149. The minimum atomic E-state index is -0.709. The zero-order chi connectivity index (χ0) is 9.19. The Morgan fingerprint density at radius 2 is 2.33 bits per heavy atom. The van der Waals surface area contributed by atoms with E-state index in [1.54, 1.807) is 13.0 Å². The highest BCUT2D eigenvalue weighted by atomic mass is 35.5. The SMILES string of the molecule is CC(C/C=C/Cl)(C(=O)O)C1CC1. The zero-order valence-electron chi connectivity index (χ0n) is 7.09. The minimum absolute atomic E-state index is 0.350. The Balaban J connectivity index is 2.64. The van der Waals surface area contributed by atoms with Crippen LogP contribution in [0.25, 0.3) is 0 Å². The van der Waals surface area contributed by atoms with Gasteiger partial charge in [0.15, 0.2) is 0 Å². The Morgan fingerprint density at radius 1 is 1.75 bits per heavy atom. The summed E-state index contributed by atoms with van der Waals surface area (Å²) in [5.74, 6) is -0.359. The molecule has 1 fully saturated rings. The highest BCUT2D eigenvalue weighted by molar-refractivity contribution is 6.25. The van der Waals surface area contributed by atoms with E-state index in [0.717, 1.165) is 12.8 Å². The molecule has 0 aromatic carbocycles. The third kappa shape index (κ3) is 1.81. The van der Waals surface area contributed by atoms with Gasteiger partial charge < -0.3 is 5.11 Å². The van der Waals surface area contributed by atoms with Crippen molar-refractivity contribution < 1.29 is 9.90 Å². The zero-order valence-corrected chi connectivity index (χ0v) is 7.84. The van der Waals surface area contributed by atoms with Crippen molar-refractivity contribution in [1.82, 2.24) is 0 Å². The van der Waals surface area contributed by atoms with Gasteiger partial charge in [0.05, 0.1) is 5.41 Å². The van der Waals surface area contributed by atoms with Gasteiger partial charge in [0.25, 0.3) is 0 Å². The third-order valence-electron chi connectivity index (χ3n) is 2.60. The summed E-state index contributed by atoms with van der Waals surface area (Å²) in [4.78, 5) is 10.9. The molecule has 1 unspecified atom stereocenters. The van der Waals surface area contributed by atoms with E-state index in [1.165, 1.54) is 5.54 Å². The maximum Gasteiger partial charge on any atom is 0.309 e. The van der Waals surface area contributed by atoms with Gasteiger partial charge in [-0.25, -0.2) is 0 Å². The number of carboxylic acid groups (broad SMARTS) is 1. The fourth-order valence-electron chi connectivity index (χ4n) is 1.44. The monoisotopic (exact) mass is 188 g/mol. The molecule has 1 saturated carbocycles. The average Bonchev–Trinajstić information content (AvgIpc) is 2.82. The predicted octanol–water partition coefficient (Wildman–Crippen LogP) is 2.63. The molecule has 0 spiro atoms. The van der Waals surface area contributed by atoms with Gasteiger partial charge in [-0.2, -0.15) is 0 Å². The highest BCUT2D eigenvalue weighted by Gasteiger charge is 2.46. The topological polar surface area (TPSA) is 37.3 Å². The van der Waals surface area contributed by atoms with E-state index in [0.29, 0.717) is 12.3 Å². The molecule has 68 valence electrons. The summed E-state index contributed by atoms with van der Waals surface area (Å²) in [6, 6.07) is 0. The van der Waals surface area contributed by atoms with Gasteiger partial charge in [-0.05, 0) is 32.1 Å². The smallest absolute Gasteiger partial charge is 0.309 e. The van der Waals surface area contributed by atoms with E-state index >= 15 is 0 Å². The Labute approximate surface area is 77.2 Å². The van der Waals surface area contributed by atoms with E-state index in [1.807, 2.05) is 0 Å². The van der Waals surface area contributed by atoms with Crippen LogP contribution in [-0.4, -0.2) is 11.1 Å². The number of allylic oxidation sites excluding steroid dienone is 1. The molecule has 1 aliphatic rings. The molecule has 0 aliphatic heterocycles. The number of aliphatic carboxylic acids is 1. The molecular formula is C9H13ClO2. The van der Waals surface area contributed by atoms with Gasteiger partial charge in [0.2, 0.25) is 0 Å². The molecule has 0 saturated heterocycles. The molecule has 1 atom stereocenters. The third-order valence-corrected chi connectivity index (χ3v) is 2.78. The molecule has 0 amide bonds. The predicted molar refractivity (Wildman–Crippen MR) is 48.1 cm³/mol. The van der Waals surface area contributed by atoms with E-state index < -0.39 is 11.4 Å². The summed E-state index contributed by atoms with van der Waals surface area (Å²) in [5.41, 5.74) is 0.801. The Morgan fingerprint density at radius 3 is 2.67 bits per heavy atom. The molecule has 2 nitrogen and oxygen atoms in total. The van der Waals surface area contributed by atoms with Gasteiger partial charge in [-0.1, -0.05) is 17.7 Å². The quantitative estimate of drug-likeness (QED) is 0.737. The first-order valence-corrected chi connectivity index (χ1v) is 4.53. The Kier molecular flexibility index (Phi) is 2.78. The molecule has 0 aromatic rings. The molecule has 1 aliphatic carbocycles. The van der Waals surface area contributed by atoms with Crippen LogP contribution in [0.15, 0.2) is 11.6 Å². The van der Waals surface area contributed by atoms with Crippen LogP contribution in [0.3, 0.4) is 0 Å². The van der Waals surface area contributed by atoms with Crippen LogP contribution in [0.2, 0.25) is 0 Å². The highest BCUT2D eigenvalue weighted by Crippen LogP contribution is 2.47. The van der Waals surface area contributed by atoms with Crippen LogP contribution >= 0.6 is 11.6 Å². The Bertz CT molecular complexity index is 209. The van der Waals surface area contributed by atoms with E-state index in [-0.39, 0.29) is 0 Å². The van der Waals surface area contributed by atoms with Crippen molar-refractivity contribution in [3.8, 4) is 0 Å². The maximum atomic E-state index is 10.9. The lowest BCUT2D eigenvalue weighted by atomic mass is 9.82.